The van der Waals surface area contributed by atoms with Crippen molar-refractivity contribution < 1.29 is 26.4 Å². The predicted octanol–water partition coefficient (Wildman–Crippen LogP) is 4.54. The maximum atomic E-state index is 13.2. The number of hydrogen-bond donors (Lipinski definition) is 3. The number of piperidine rings is 1. The van der Waals surface area contributed by atoms with Crippen LogP contribution in [0.3, 0.4) is 0 Å². The van der Waals surface area contributed by atoms with Gasteiger partial charge in [-0.25, -0.2) is 0 Å². The number of benzene rings is 2. The largest absolute Gasteiger partial charge is 0.416 e. The highest BCUT2D eigenvalue weighted by Crippen LogP contribution is 2.34. The van der Waals surface area contributed by atoms with Crippen LogP contribution in [-0.2, 0) is 16.4 Å². The molecular formula is C24H28Cl2F3N5O3S. The predicted molar refractivity (Wildman–Crippen MR) is 142 cm³/mol. The molecule has 3 N–H and O–H groups in total. The Labute approximate surface area is 229 Å². The Morgan fingerprint density at radius 2 is 1.66 bits per heavy atom. The molecule has 0 spiro atoms. The van der Waals surface area contributed by atoms with Crippen LogP contribution in [0, 0.1) is 5.92 Å². The van der Waals surface area contributed by atoms with E-state index in [4.69, 9.17) is 23.2 Å². The van der Waals surface area contributed by atoms with Gasteiger partial charge in [-0.2, -0.15) is 25.9 Å². The van der Waals surface area contributed by atoms with Gasteiger partial charge in [0.25, 0.3) is 5.91 Å². The lowest BCUT2D eigenvalue weighted by molar-refractivity contribution is -0.137. The van der Waals surface area contributed by atoms with Crippen LogP contribution in [0.1, 0.15) is 28.8 Å². The minimum atomic E-state index is -4.59. The van der Waals surface area contributed by atoms with E-state index in [2.05, 4.69) is 20.3 Å². The van der Waals surface area contributed by atoms with Gasteiger partial charge in [0.15, 0.2) is 0 Å². The molecule has 2 aliphatic rings. The molecular weight excluding hydrogens is 566 g/mol. The molecule has 0 atom stereocenters. The Morgan fingerprint density at radius 3 is 2.29 bits per heavy atom. The molecule has 1 amide bonds. The number of rotatable bonds is 7. The van der Waals surface area contributed by atoms with Crippen LogP contribution < -0.4 is 15.4 Å². The molecule has 4 rings (SSSR count). The summed E-state index contributed by atoms with van der Waals surface area (Å²) in [5, 5.41) is 5.62. The lowest BCUT2D eigenvalue weighted by atomic mass is 9.97. The van der Waals surface area contributed by atoms with E-state index >= 15 is 0 Å². The van der Waals surface area contributed by atoms with Crippen molar-refractivity contribution in [3.05, 3.63) is 57.6 Å². The van der Waals surface area contributed by atoms with Crippen molar-refractivity contribution in [2.75, 3.05) is 55.9 Å². The monoisotopic (exact) mass is 593 g/mol. The molecule has 0 unspecified atom stereocenters. The van der Waals surface area contributed by atoms with E-state index in [0.29, 0.717) is 38.2 Å². The SMILES string of the molecule is O=C(Nc1ccc(C(F)(F)F)cc1Cl)c1cc(Cl)ccc1NS(=O)(=O)N1CCN(CC2CCNCC2)CC1. The first kappa shape index (κ1) is 28.9. The van der Waals surface area contributed by atoms with Gasteiger partial charge < -0.3 is 15.5 Å². The van der Waals surface area contributed by atoms with Crippen molar-refractivity contribution >= 4 is 50.7 Å². The lowest BCUT2D eigenvalue weighted by Gasteiger charge is -2.36. The van der Waals surface area contributed by atoms with E-state index in [-0.39, 0.29) is 27.0 Å². The van der Waals surface area contributed by atoms with Crippen LogP contribution in [0.25, 0.3) is 0 Å². The fourth-order valence-corrected chi connectivity index (χ4v) is 6.19. The normalized spacial score (nSPS) is 18.3. The van der Waals surface area contributed by atoms with E-state index in [1.165, 1.54) is 22.5 Å². The topological polar surface area (TPSA) is 93.8 Å². The standard InChI is InChI=1S/C24H28Cl2F3N5O3S/c25-18-2-4-21(19(14-18)23(35)31-22-3-1-17(13-20(22)26)24(27,28)29)32-38(36,37)34-11-9-33(10-12-34)15-16-5-7-30-8-6-16/h1-4,13-14,16,30,32H,5-12,15H2,(H,31,35). The number of halogens is 5. The summed E-state index contributed by atoms with van der Waals surface area (Å²) < 4.78 is 68.9. The zero-order chi connectivity index (χ0) is 27.5. The Hall–Kier alpha value is -2.09. The molecule has 0 aromatic heterocycles. The van der Waals surface area contributed by atoms with Gasteiger partial charge in [-0.15, -0.1) is 0 Å². The minimum Gasteiger partial charge on any atom is -0.321 e. The first-order chi connectivity index (χ1) is 17.9. The molecule has 0 aliphatic carbocycles. The highest BCUT2D eigenvalue weighted by Gasteiger charge is 2.32. The molecule has 0 radical (unpaired) electrons. The van der Waals surface area contributed by atoms with Gasteiger partial charge in [-0.05, 0) is 68.2 Å². The van der Waals surface area contributed by atoms with E-state index < -0.39 is 27.9 Å². The highest BCUT2D eigenvalue weighted by molar-refractivity contribution is 7.90. The Morgan fingerprint density at radius 1 is 1.00 bits per heavy atom. The van der Waals surface area contributed by atoms with Crippen molar-refractivity contribution in [3.63, 3.8) is 0 Å². The number of alkyl halides is 3. The molecule has 208 valence electrons. The summed E-state index contributed by atoms with van der Waals surface area (Å²) in [4.78, 5) is 15.3. The first-order valence-electron chi connectivity index (χ1n) is 12.1. The van der Waals surface area contributed by atoms with Gasteiger partial charge in [0.1, 0.15) is 0 Å². The second kappa shape index (κ2) is 12.0. The van der Waals surface area contributed by atoms with Gasteiger partial charge in [0, 0.05) is 37.7 Å². The second-order valence-electron chi connectivity index (χ2n) is 9.34. The fraction of sp³-hybridized carbons (Fsp3) is 0.458. The van der Waals surface area contributed by atoms with E-state index in [0.717, 1.165) is 44.6 Å². The average Bonchev–Trinajstić information content (AvgIpc) is 2.86. The van der Waals surface area contributed by atoms with E-state index in [9.17, 15) is 26.4 Å². The number of nitrogens with one attached hydrogen (secondary N) is 3. The Kier molecular flexibility index (Phi) is 9.11. The number of nitrogens with zero attached hydrogens (tertiary/aromatic N) is 2. The second-order valence-corrected chi connectivity index (χ2v) is 11.9. The molecule has 2 heterocycles. The zero-order valence-electron chi connectivity index (χ0n) is 20.3. The van der Waals surface area contributed by atoms with Crippen LogP contribution in [0.4, 0.5) is 24.5 Å². The molecule has 8 nitrogen and oxygen atoms in total. The summed E-state index contributed by atoms with van der Waals surface area (Å²) in [5.41, 5.74) is -1.16. The van der Waals surface area contributed by atoms with Crippen molar-refractivity contribution in [2.45, 2.75) is 19.0 Å². The maximum Gasteiger partial charge on any atom is 0.416 e. The van der Waals surface area contributed by atoms with Crippen LogP contribution in [0.2, 0.25) is 10.0 Å². The molecule has 38 heavy (non-hydrogen) atoms. The molecule has 0 bridgehead atoms. The molecule has 2 aromatic rings. The minimum absolute atomic E-state index is 0.0212. The summed E-state index contributed by atoms with van der Waals surface area (Å²) >= 11 is 12.0. The highest BCUT2D eigenvalue weighted by atomic mass is 35.5. The molecule has 2 fully saturated rings. The number of hydrogen-bond acceptors (Lipinski definition) is 5. The van der Waals surface area contributed by atoms with Gasteiger partial charge in [-0.1, -0.05) is 23.2 Å². The molecule has 2 aromatic carbocycles. The lowest BCUT2D eigenvalue weighted by Crippen LogP contribution is -2.51. The van der Waals surface area contributed by atoms with Gasteiger partial charge >= 0.3 is 16.4 Å². The number of anilines is 2. The van der Waals surface area contributed by atoms with Crippen molar-refractivity contribution in [2.24, 2.45) is 5.92 Å². The first-order valence-corrected chi connectivity index (χ1v) is 14.3. The van der Waals surface area contributed by atoms with Crippen LogP contribution in [0.5, 0.6) is 0 Å². The van der Waals surface area contributed by atoms with Crippen LogP contribution in [-0.4, -0.2) is 69.3 Å². The molecule has 2 saturated heterocycles. The van der Waals surface area contributed by atoms with Gasteiger partial charge in [-0.3, -0.25) is 9.52 Å². The van der Waals surface area contributed by atoms with E-state index in [1.807, 2.05) is 0 Å². The maximum absolute atomic E-state index is 13.2. The summed E-state index contributed by atoms with van der Waals surface area (Å²) in [6.07, 6.45) is -2.37. The number of amides is 1. The van der Waals surface area contributed by atoms with Crippen LogP contribution in [0.15, 0.2) is 36.4 Å². The third-order valence-electron chi connectivity index (χ3n) is 6.66. The fourth-order valence-electron chi connectivity index (χ4n) is 4.56. The Balaban J connectivity index is 1.43. The van der Waals surface area contributed by atoms with Crippen molar-refractivity contribution in [3.8, 4) is 0 Å². The summed E-state index contributed by atoms with van der Waals surface area (Å²) in [7, 11) is -3.99. The third kappa shape index (κ3) is 7.30. The quantitative estimate of drug-likeness (QED) is 0.438. The molecule has 0 saturated carbocycles. The smallest absolute Gasteiger partial charge is 0.321 e. The average molecular weight is 594 g/mol. The van der Waals surface area contributed by atoms with Gasteiger partial charge in [0.05, 0.1) is 27.5 Å². The van der Waals surface area contributed by atoms with Crippen molar-refractivity contribution in [1.29, 1.82) is 0 Å². The third-order valence-corrected chi connectivity index (χ3v) is 8.73. The van der Waals surface area contributed by atoms with Crippen molar-refractivity contribution in [1.82, 2.24) is 14.5 Å². The van der Waals surface area contributed by atoms with Crippen LogP contribution >= 0.6 is 23.2 Å². The zero-order valence-corrected chi connectivity index (χ0v) is 22.7. The summed E-state index contributed by atoms with van der Waals surface area (Å²) in [5.74, 6) is -0.190. The number of carbonyl (C=O) groups excluding carboxylic acids is 1. The summed E-state index contributed by atoms with van der Waals surface area (Å²) in [6.45, 7) is 4.76. The van der Waals surface area contributed by atoms with Gasteiger partial charge in [0.2, 0.25) is 0 Å². The number of carbonyl (C=O) groups is 1. The number of piperazine rings is 1. The van der Waals surface area contributed by atoms with E-state index in [1.54, 1.807) is 0 Å². The molecule has 14 heteroatoms. The summed E-state index contributed by atoms with van der Waals surface area (Å²) in [6, 6.07) is 6.57. The molecule has 2 aliphatic heterocycles. The Bertz CT molecular complexity index is 1270.